The van der Waals surface area contributed by atoms with Gasteiger partial charge in [0.15, 0.2) is 0 Å². The Bertz CT molecular complexity index is 1050. The molecule has 3 saturated heterocycles. The molecule has 4 atom stereocenters. The highest BCUT2D eigenvalue weighted by Gasteiger charge is 2.43. The molecule has 4 fully saturated rings. The van der Waals surface area contributed by atoms with E-state index in [1.165, 1.54) is 32.2 Å². The van der Waals surface area contributed by atoms with Gasteiger partial charge in [-0.15, -0.1) is 0 Å². The molecule has 9 heteroatoms. The summed E-state index contributed by atoms with van der Waals surface area (Å²) in [6, 6.07) is 7.47. The summed E-state index contributed by atoms with van der Waals surface area (Å²) in [7, 11) is 1.74. The summed E-state index contributed by atoms with van der Waals surface area (Å²) in [5.74, 6) is 1.97. The smallest absolute Gasteiger partial charge is 0.242 e. The molecule has 1 aliphatic carbocycles. The number of fused-ring (bicyclic) bond motifs is 1. The second-order valence-electron chi connectivity index (χ2n) is 11.7. The Morgan fingerprint density at radius 2 is 2.03 bits per heavy atom. The number of piperidine rings is 1. The molecule has 5 rings (SSSR count). The zero-order valence-electron chi connectivity index (χ0n) is 22.4. The number of hydrogen-bond acceptors (Lipinski definition) is 6. The quantitative estimate of drug-likeness (QED) is 0.570. The molecule has 8 nitrogen and oxygen atoms in total. The van der Waals surface area contributed by atoms with Gasteiger partial charge in [-0.3, -0.25) is 14.9 Å². The highest BCUT2D eigenvalue weighted by atomic mass is 35.5. The third kappa shape index (κ3) is 6.34. The number of ether oxygens (including phenoxy) is 1. The number of amides is 2. The number of nitrogens with one attached hydrogen (secondary N) is 1. The first-order valence-electron chi connectivity index (χ1n) is 14.2. The number of likely N-dealkylation sites (tertiary alicyclic amines) is 1. The van der Waals surface area contributed by atoms with E-state index >= 15 is 0 Å². The van der Waals surface area contributed by atoms with Gasteiger partial charge in [0.1, 0.15) is 12.6 Å². The van der Waals surface area contributed by atoms with Gasteiger partial charge in [0.25, 0.3) is 0 Å². The van der Waals surface area contributed by atoms with Gasteiger partial charge < -0.3 is 19.4 Å². The van der Waals surface area contributed by atoms with Crippen molar-refractivity contribution in [3.8, 4) is 6.07 Å². The number of nitriles is 1. The van der Waals surface area contributed by atoms with Crippen molar-refractivity contribution in [2.45, 2.75) is 51.1 Å². The van der Waals surface area contributed by atoms with E-state index in [0.29, 0.717) is 41.6 Å². The van der Waals surface area contributed by atoms with Crippen molar-refractivity contribution < 1.29 is 14.3 Å². The normalized spacial score (nSPS) is 28.7. The van der Waals surface area contributed by atoms with Crippen molar-refractivity contribution in [2.75, 3.05) is 53.1 Å². The largest absolute Gasteiger partial charge is 0.381 e. The molecule has 206 valence electrons. The fraction of sp³-hybridized carbons (Fsp3) is 0.690. The van der Waals surface area contributed by atoms with Crippen molar-refractivity contribution >= 4 is 23.4 Å². The lowest BCUT2D eigenvalue weighted by Gasteiger charge is -2.46. The van der Waals surface area contributed by atoms with Crippen LogP contribution in [0.3, 0.4) is 0 Å². The second-order valence-corrected chi connectivity index (χ2v) is 12.1. The number of halogens is 1. The fourth-order valence-corrected chi connectivity index (χ4v) is 7.16. The molecule has 1 aromatic rings. The van der Waals surface area contributed by atoms with Crippen LogP contribution in [-0.2, 0) is 20.9 Å². The van der Waals surface area contributed by atoms with Crippen LogP contribution in [0.1, 0.15) is 49.7 Å². The van der Waals surface area contributed by atoms with Gasteiger partial charge in [-0.05, 0) is 87.1 Å². The van der Waals surface area contributed by atoms with E-state index in [9.17, 15) is 9.59 Å². The van der Waals surface area contributed by atoms with Gasteiger partial charge >= 0.3 is 0 Å². The maximum absolute atomic E-state index is 13.5. The monoisotopic (exact) mass is 541 g/mol. The van der Waals surface area contributed by atoms with Crippen LogP contribution in [0.2, 0.25) is 5.02 Å². The minimum absolute atomic E-state index is 0.0356. The molecule has 4 unspecified atom stereocenters. The molecule has 1 saturated carbocycles. The number of benzene rings is 1. The van der Waals surface area contributed by atoms with Gasteiger partial charge in [-0.25, -0.2) is 0 Å². The van der Waals surface area contributed by atoms with Crippen LogP contribution < -0.4 is 5.32 Å². The summed E-state index contributed by atoms with van der Waals surface area (Å²) in [6.07, 6.45) is 6.81. The average Bonchev–Trinajstić information content (AvgIpc) is 3.44. The lowest BCUT2D eigenvalue weighted by atomic mass is 9.69. The first-order valence-corrected chi connectivity index (χ1v) is 14.5. The van der Waals surface area contributed by atoms with Crippen LogP contribution in [0, 0.1) is 35.0 Å². The molecule has 0 aromatic heterocycles. The van der Waals surface area contributed by atoms with E-state index in [1.54, 1.807) is 29.0 Å². The van der Waals surface area contributed by atoms with Crippen molar-refractivity contribution in [1.29, 1.82) is 5.26 Å². The first-order chi connectivity index (χ1) is 18.4. The number of hydrogen-bond donors (Lipinski definition) is 1. The number of rotatable bonds is 7. The van der Waals surface area contributed by atoms with Crippen LogP contribution in [0.15, 0.2) is 18.2 Å². The number of nitrogens with zero attached hydrogens (tertiary/aromatic N) is 4. The minimum Gasteiger partial charge on any atom is -0.381 e. The van der Waals surface area contributed by atoms with Crippen molar-refractivity contribution in [3.05, 3.63) is 34.3 Å². The Morgan fingerprint density at radius 3 is 2.74 bits per heavy atom. The van der Waals surface area contributed by atoms with Crippen molar-refractivity contribution in [3.63, 3.8) is 0 Å². The third-order valence-corrected chi connectivity index (χ3v) is 9.54. The Balaban J connectivity index is 1.11. The zero-order valence-corrected chi connectivity index (χ0v) is 23.2. The van der Waals surface area contributed by atoms with Crippen LogP contribution >= 0.6 is 11.6 Å². The minimum atomic E-state index is -0.105. The van der Waals surface area contributed by atoms with E-state index in [0.717, 1.165) is 44.7 Å². The van der Waals surface area contributed by atoms with Gasteiger partial charge in [0.05, 0.1) is 29.8 Å². The molecule has 1 aromatic carbocycles. The van der Waals surface area contributed by atoms with E-state index in [1.807, 2.05) is 12.1 Å². The summed E-state index contributed by atoms with van der Waals surface area (Å²) in [4.78, 5) is 32.4. The Morgan fingerprint density at radius 1 is 1.21 bits per heavy atom. The van der Waals surface area contributed by atoms with Crippen LogP contribution in [0.25, 0.3) is 0 Å². The lowest BCUT2D eigenvalue weighted by Crippen LogP contribution is -2.60. The molecule has 0 spiro atoms. The van der Waals surface area contributed by atoms with Gasteiger partial charge in [0, 0.05) is 32.8 Å². The summed E-state index contributed by atoms with van der Waals surface area (Å²) >= 11 is 6.15. The molecule has 3 heterocycles. The summed E-state index contributed by atoms with van der Waals surface area (Å²) < 4.78 is 5.55. The standard InChI is InChI=1S/C29H40ClN5O3/c1-33(15-20-2-3-24(14-31)26(30)12-20)28(36)17-35-19-32-27-5-4-23(13-25(27)29(35)37)22-6-9-34(10-7-22)16-21-8-11-38-18-21/h2-3,12,21-23,25,27,32H,4-11,13,15-19H2,1H3. The third-order valence-electron chi connectivity index (χ3n) is 9.23. The molecule has 2 amide bonds. The zero-order chi connectivity index (χ0) is 26.6. The molecule has 1 N–H and O–H groups in total. The number of carbonyl (C=O) groups is 2. The van der Waals surface area contributed by atoms with Gasteiger partial charge in [-0.1, -0.05) is 17.7 Å². The molecular weight excluding hydrogens is 502 g/mol. The predicted molar refractivity (Wildman–Crippen MR) is 145 cm³/mol. The summed E-state index contributed by atoms with van der Waals surface area (Å²) in [6.45, 7) is 6.20. The summed E-state index contributed by atoms with van der Waals surface area (Å²) in [5.41, 5.74) is 1.27. The topological polar surface area (TPSA) is 88.9 Å². The van der Waals surface area contributed by atoms with E-state index in [2.05, 4.69) is 10.2 Å². The molecule has 38 heavy (non-hydrogen) atoms. The van der Waals surface area contributed by atoms with Crippen LogP contribution in [0.5, 0.6) is 0 Å². The number of carbonyl (C=O) groups excluding carboxylic acids is 2. The summed E-state index contributed by atoms with van der Waals surface area (Å²) in [5, 5.41) is 13.0. The van der Waals surface area contributed by atoms with Crippen LogP contribution in [0.4, 0.5) is 0 Å². The van der Waals surface area contributed by atoms with E-state index in [4.69, 9.17) is 21.6 Å². The second kappa shape index (κ2) is 12.3. The fourth-order valence-electron chi connectivity index (χ4n) is 6.92. The molecule has 0 radical (unpaired) electrons. The average molecular weight is 542 g/mol. The lowest BCUT2D eigenvalue weighted by molar-refractivity contribution is -0.148. The highest BCUT2D eigenvalue weighted by Crippen LogP contribution is 2.40. The van der Waals surface area contributed by atoms with E-state index < -0.39 is 0 Å². The maximum atomic E-state index is 13.5. The Kier molecular flexibility index (Phi) is 8.89. The first kappa shape index (κ1) is 27.4. The maximum Gasteiger partial charge on any atom is 0.242 e. The van der Waals surface area contributed by atoms with Crippen molar-refractivity contribution in [1.82, 2.24) is 20.0 Å². The van der Waals surface area contributed by atoms with Crippen molar-refractivity contribution in [2.24, 2.45) is 23.7 Å². The predicted octanol–water partition coefficient (Wildman–Crippen LogP) is 3.09. The molecule has 0 bridgehead atoms. The van der Waals surface area contributed by atoms with Gasteiger partial charge in [0.2, 0.25) is 11.8 Å². The number of likely N-dealkylation sites (N-methyl/N-ethyl adjacent to an activating group) is 1. The Hall–Kier alpha value is -2.18. The van der Waals surface area contributed by atoms with Gasteiger partial charge in [-0.2, -0.15) is 5.26 Å². The van der Waals surface area contributed by atoms with E-state index in [-0.39, 0.29) is 30.3 Å². The molecular formula is C29H40ClN5O3. The highest BCUT2D eigenvalue weighted by molar-refractivity contribution is 6.31. The SMILES string of the molecule is CN(Cc1ccc(C#N)c(Cl)c1)C(=O)CN1CNC2CCC(C3CCN(CC4CCOC4)CC3)CC2C1=O. The molecule has 4 aliphatic rings. The molecule has 3 aliphatic heterocycles. The van der Waals surface area contributed by atoms with Crippen LogP contribution in [-0.4, -0.2) is 85.7 Å². The Labute approximate surface area is 231 Å².